The number of aliphatic hydroxyl groups is 1. The van der Waals surface area contributed by atoms with Crippen LogP contribution in [-0.2, 0) is 4.79 Å². The van der Waals surface area contributed by atoms with E-state index in [-0.39, 0.29) is 12.5 Å². The highest BCUT2D eigenvalue weighted by Crippen LogP contribution is 2.25. The lowest BCUT2D eigenvalue weighted by atomic mass is 10.3. The number of halogens is 2. The molecule has 0 heterocycles. The van der Waals surface area contributed by atoms with Crippen LogP contribution in [0.2, 0.25) is 10.0 Å². The van der Waals surface area contributed by atoms with E-state index in [4.69, 9.17) is 28.3 Å². The van der Waals surface area contributed by atoms with Gasteiger partial charge in [-0.3, -0.25) is 4.79 Å². The Morgan fingerprint density at radius 2 is 2.11 bits per heavy atom. The van der Waals surface area contributed by atoms with E-state index in [0.717, 1.165) is 17.9 Å². The number of carbonyl (C=O) groups is 1. The van der Waals surface area contributed by atoms with Crippen LogP contribution in [-0.4, -0.2) is 29.1 Å². The minimum Gasteiger partial charge on any atom is -0.396 e. The lowest BCUT2D eigenvalue weighted by molar-refractivity contribution is -0.115. The van der Waals surface area contributed by atoms with Crippen molar-refractivity contribution in [2.45, 2.75) is 12.8 Å². The van der Waals surface area contributed by atoms with Crippen molar-refractivity contribution in [1.29, 1.82) is 0 Å². The number of carbonyl (C=O) groups excluding carboxylic acids is 1. The highest BCUT2D eigenvalue weighted by Gasteiger charge is 2.06. The third-order valence-corrected chi connectivity index (χ3v) is 3.76. The molecule has 2 N–H and O–H groups in total. The predicted octanol–water partition coefficient (Wildman–Crippen LogP) is 3.44. The monoisotopic (exact) mass is 307 g/mol. The van der Waals surface area contributed by atoms with Gasteiger partial charge in [0, 0.05) is 23.8 Å². The molecule has 3 nitrogen and oxygen atoms in total. The molecule has 0 aliphatic carbocycles. The van der Waals surface area contributed by atoms with Gasteiger partial charge in [0.05, 0.1) is 10.7 Å². The van der Waals surface area contributed by atoms with E-state index in [0.29, 0.717) is 22.2 Å². The van der Waals surface area contributed by atoms with Gasteiger partial charge in [-0.15, -0.1) is 0 Å². The second-order valence-electron chi connectivity index (χ2n) is 3.61. The van der Waals surface area contributed by atoms with Gasteiger partial charge < -0.3 is 10.4 Å². The van der Waals surface area contributed by atoms with Crippen LogP contribution < -0.4 is 5.32 Å². The van der Waals surface area contributed by atoms with Crippen molar-refractivity contribution in [2.75, 3.05) is 23.4 Å². The number of hydrogen-bond acceptors (Lipinski definition) is 3. The molecule has 0 saturated carbocycles. The number of benzene rings is 1. The molecule has 18 heavy (non-hydrogen) atoms. The molecule has 1 amide bonds. The fraction of sp³-hybridized carbons (Fsp3) is 0.417. The van der Waals surface area contributed by atoms with E-state index in [1.165, 1.54) is 0 Å². The molecule has 0 spiro atoms. The number of rotatable bonds is 7. The van der Waals surface area contributed by atoms with Crippen LogP contribution in [0.4, 0.5) is 5.69 Å². The Labute approximate surface area is 121 Å². The molecule has 0 atom stereocenters. The molecule has 1 rings (SSSR count). The summed E-state index contributed by atoms with van der Waals surface area (Å²) in [5, 5.41) is 12.3. The Hall–Kier alpha value is -0.420. The van der Waals surface area contributed by atoms with E-state index in [1.807, 2.05) is 0 Å². The van der Waals surface area contributed by atoms with Crippen molar-refractivity contribution in [3.8, 4) is 0 Å². The molecule has 0 unspecified atom stereocenters. The first-order valence-electron chi connectivity index (χ1n) is 5.57. The van der Waals surface area contributed by atoms with Crippen LogP contribution >= 0.6 is 35.0 Å². The second-order valence-corrected chi connectivity index (χ2v) is 5.68. The molecule has 0 fully saturated rings. The summed E-state index contributed by atoms with van der Waals surface area (Å²) < 4.78 is 0. The zero-order valence-electron chi connectivity index (χ0n) is 9.79. The largest absolute Gasteiger partial charge is 0.396 e. The molecular weight excluding hydrogens is 293 g/mol. The zero-order valence-corrected chi connectivity index (χ0v) is 12.1. The number of amides is 1. The van der Waals surface area contributed by atoms with Crippen molar-refractivity contribution in [3.63, 3.8) is 0 Å². The van der Waals surface area contributed by atoms with Crippen LogP contribution in [0.3, 0.4) is 0 Å². The van der Waals surface area contributed by atoms with Crippen LogP contribution in [0.15, 0.2) is 18.2 Å². The highest BCUT2D eigenvalue weighted by molar-refractivity contribution is 7.99. The topological polar surface area (TPSA) is 49.3 Å². The first-order valence-corrected chi connectivity index (χ1v) is 7.48. The molecule has 6 heteroatoms. The maximum atomic E-state index is 11.6. The Morgan fingerprint density at radius 1 is 1.33 bits per heavy atom. The quantitative estimate of drug-likeness (QED) is 0.759. The summed E-state index contributed by atoms with van der Waals surface area (Å²) in [6.45, 7) is 0.192. The lowest BCUT2D eigenvalue weighted by Gasteiger charge is -2.07. The van der Waals surface area contributed by atoms with E-state index in [1.54, 1.807) is 30.0 Å². The Balaban J connectivity index is 2.33. The number of hydrogen-bond donors (Lipinski definition) is 2. The van der Waals surface area contributed by atoms with Gasteiger partial charge in [-0.1, -0.05) is 23.2 Å². The van der Waals surface area contributed by atoms with Crippen molar-refractivity contribution in [1.82, 2.24) is 0 Å². The second kappa shape index (κ2) is 8.64. The van der Waals surface area contributed by atoms with Gasteiger partial charge in [0.15, 0.2) is 0 Å². The van der Waals surface area contributed by atoms with Gasteiger partial charge in [-0.2, -0.15) is 11.8 Å². The number of anilines is 1. The summed E-state index contributed by atoms with van der Waals surface area (Å²) >= 11 is 13.4. The fourth-order valence-electron chi connectivity index (χ4n) is 1.24. The maximum absolute atomic E-state index is 11.6. The molecule has 1 aromatic rings. The SMILES string of the molecule is O=C(CCSCCCO)Nc1cc(Cl)ccc1Cl. The van der Waals surface area contributed by atoms with Crippen molar-refractivity contribution in [3.05, 3.63) is 28.2 Å². The van der Waals surface area contributed by atoms with Crippen LogP contribution in [0, 0.1) is 0 Å². The zero-order chi connectivity index (χ0) is 13.4. The minimum atomic E-state index is -0.0873. The molecule has 0 bridgehead atoms. The maximum Gasteiger partial charge on any atom is 0.225 e. The first kappa shape index (κ1) is 15.6. The lowest BCUT2D eigenvalue weighted by Crippen LogP contribution is -2.12. The van der Waals surface area contributed by atoms with Gasteiger partial charge in [-0.25, -0.2) is 0 Å². The van der Waals surface area contributed by atoms with Crippen molar-refractivity contribution < 1.29 is 9.90 Å². The summed E-state index contributed by atoms with van der Waals surface area (Å²) in [4.78, 5) is 11.6. The van der Waals surface area contributed by atoms with Gasteiger partial charge in [-0.05, 0) is 30.4 Å². The van der Waals surface area contributed by atoms with Gasteiger partial charge in [0.2, 0.25) is 5.91 Å². The number of thioether (sulfide) groups is 1. The average Bonchev–Trinajstić information content (AvgIpc) is 2.33. The Kier molecular flexibility index (Phi) is 7.51. The van der Waals surface area contributed by atoms with Crippen LogP contribution in [0.1, 0.15) is 12.8 Å². The third-order valence-electron chi connectivity index (χ3n) is 2.12. The molecular formula is C12H15Cl2NO2S. The number of aliphatic hydroxyl groups excluding tert-OH is 1. The standard InChI is InChI=1S/C12H15Cl2NO2S/c13-9-2-3-10(14)11(8-9)15-12(17)4-7-18-6-1-5-16/h2-3,8,16H,1,4-7H2,(H,15,17). The van der Waals surface area contributed by atoms with Gasteiger partial charge in [0.25, 0.3) is 0 Å². The molecule has 0 saturated heterocycles. The van der Waals surface area contributed by atoms with Crippen molar-refractivity contribution in [2.24, 2.45) is 0 Å². The van der Waals surface area contributed by atoms with E-state index < -0.39 is 0 Å². The molecule has 1 aromatic carbocycles. The molecule has 0 aromatic heterocycles. The molecule has 0 aliphatic heterocycles. The Bertz CT molecular complexity index is 402. The smallest absolute Gasteiger partial charge is 0.225 e. The van der Waals surface area contributed by atoms with Crippen molar-refractivity contribution >= 4 is 46.6 Å². The van der Waals surface area contributed by atoms with E-state index in [2.05, 4.69) is 5.32 Å². The highest BCUT2D eigenvalue weighted by atomic mass is 35.5. The minimum absolute atomic E-state index is 0.0873. The molecule has 0 radical (unpaired) electrons. The Morgan fingerprint density at radius 3 is 2.83 bits per heavy atom. The molecule has 0 aliphatic rings. The summed E-state index contributed by atoms with van der Waals surface area (Å²) in [6.07, 6.45) is 1.17. The summed E-state index contributed by atoms with van der Waals surface area (Å²) in [7, 11) is 0. The summed E-state index contributed by atoms with van der Waals surface area (Å²) in [5.41, 5.74) is 0.537. The van der Waals surface area contributed by atoms with E-state index in [9.17, 15) is 4.79 Å². The summed E-state index contributed by atoms with van der Waals surface area (Å²) in [5.74, 6) is 1.50. The van der Waals surface area contributed by atoms with E-state index >= 15 is 0 Å². The van der Waals surface area contributed by atoms with Gasteiger partial charge >= 0.3 is 0 Å². The first-order chi connectivity index (χ1) is 8.63. The average molecular weight is 308 g/mol. The van der Waals surface area contributed by atoms with Crippen LogP contribution in [0.25, 0.3) is 0 Å². The number of nitrogens with one attached hydrogen (secondary N) is 1. The summed E-state index contributed by atoms with van der Waals surface area (Å²) in [6, 6.07) is 4.94. The normalized spacial score (nSPS) is 10.4. The molecule has 100 valence electrons. The van der Waals surface area contributed by atoms with Crippen LogP contribution in [0.5, 0.6) is 0 Å². The fourth-order valence-corrected chi connectivity index (χ4v) is 2.44. The third kappa shape index (κ3) is 5.96. The van der Waals surface area contributed by atoms with Gasteiger partial charge in [0.1, 0.15) is 0 Å². The predicted molar refractivity (Wildman–Crippen MR) is 78.7 cm³/mol.